The van der Waals surface area contributed by atoms with Gasteiger partial charge in [0.2, 0.25) is 0 Å². The maximum atomic E-state index is 10.2. The van der Waals surface area contributed by atoms with Crippen molar-refractivity contribution in [1.82, 2.24) is 5.32 Å². The lowest BCUT2D eigenvalue weighted by molar-refractivity contribution is -0.120. The van der Waals surface area contributed by atoms with Crippen molar-refractivity contribution in [3.8, 4) is 0 Å². The van der Waals surface area contributed by atoms with Crippen molar-refractivity contribution in [2.45, 2.75) is 0 Å². The zero-order valence-corrected chi connectivity index (χ0v) is 3.82. The molecule has 0 aromatic heterocycles. The predicted octanol–water partition coefficient (Wildman–Crippen LogP) is -0.173. The molecule has 0 unspecified atom stereocenters. The van der Waals surface area contributed by atoms with E-state index in [1.54, 1.807) is 0 Å². The summed E-state index contributed by atoms with van der Waals surface area (Å²) in [6.07, 6.45) is 0. The number of hydrogen-bond acceptors (Lipinski definition) is 1. The highest BCUT2D eigenvalue weighted by Gasteiger charge is 2.17. The number of hydrogen-bond donors (Lipinski definition) is 1. The third kappa shape index (κ3) is 0.447. The van der Waals surface area contributed by atoms with Gasteiger partial charge in [0.1, 0.15) is 0 Å². The minimum atomic E-state index is -0.0324. The highest BCUT2D eigenvalue weighted by atomic mass is 16.2. The maximum absolute atomic E-state index is 10.2. The largest absolute Gasteiger partial charge is 0.347 e. The van der Waals surface area contributed by atoms with E-state index in [2.05, 4.69) is 17.6 Å². The minimum absolute atomic E-state index is 0.0324. The molecule has 0 aliphatic carbocycles. The molecule has 0 aromatic carbocycles. The van der Waals surface area contributed by atoms with Crippen LogP contribution in [-0.2, 0) is 4.79 Å². The monoisotopic (exact) mass is 95.0 g/mol. The van der Waals surface area contributed by atoms with Crippen molar-refractivity contribution in [1.29, 1.82) is 0 Å². The molecule has 2 nitrogen and oxygen atoms in total. The number of carbonyl (C=O) groups is 1. The summed E-state index contributed by atoms with van der Waals surface area (Å²) in [5.41, 5.74) is 3.17. The number of rotatable bonds is 0. The van der Waals surface area contributed by atoms with Gasteiger partial charge in [0.25, 0.3) is 5.91 Å². The lowest BCUT2D eigenvalue weighted by atomic mass is 10.2. The quantitative estimate of drug-likeness (QED) is 0.252. The van der Waals surface area contributed by atoms with E-state index >= 15 is 0 Å². The van der Waals surface area contributed by atoms with Crippen LogP contribution in [0.15, 0.2) is 17.9 Å². The molecule has 0 saturated carbocycles. The molecular formula is C5H5NO. The van der Waals surface area contributed by atoms with Crippen molar-refractivity contribution >= 4 is 5.91 Å². The average Bonchev–Trinajstić information content (AvgIpc) is 1.65. The molecule has 7 heavy (non-hydrogen) atoms. The Morgan fingerprint density at radius 1 is 1.86 bits per heavy atom. The average molecular weight is 95.1 g/mol. The first-order chi connectivity index (χ1) is 3.34. The van der Waals surface area contributed by atoms with Crippen molar-refractivity contribution in [3.05, 3.63) is 17.9 Å². The molecule has 1 saturated heterocycles. The first-order valence-corrected chi connectivity index (χ1v) is 2.01. The van der Waals surface area contributed by atoms with Gasteiger partial charge in [0, 0.05) is 0 Å². The molecule has 1 heterocycles. The molecule has 0 bridgehead atoms. The van der Waals surface area contributed by atoms with E-state index in [0.717, 1.165) is 0 Å². The van der Waals surface area contributed by atoms with Crippen molar-refractivity contribution in [2.75, 3.05) is 6.54 Å². The van der Waals surface area contributed by atoms with Crippen LogP contribution in [0.3, 0.4) is 0 Å². The lowest BCUT2D eigenvalue weighted by Crippen LogP contribution is -2.40. The molecule has 1 fully saturated rings. The molecule has 0 atom stereocenters. The van der Waals surface area contributed by atoms with E-state index in [1.165, 1.54) is 0 Å². The normalized spacial score (nSPS) is 17.1. The van der Waals surface area contributed by atoms with Gasteiger partial charge in [-0.05, 0) is 0 Å². The van der Waals surface area contributed by atoms with Crippen LogP contribution in [0.2, 0.25) is 0 Å². The molecule has 1 rings (SSSR count). The maximum Gasteiger partial charge on any atom is 0.257 e. The smallest absolute Gasteiger partial charge is 0.257 e. The second kappa shape index (κ2) is 1.24. The third-order valence-corrected chi connectivity index (χ3v) is 0.913. The number of β-lactam (4-membered cyclic amide) rings is 1. The lowest BCUT2D eigenvalue weighted by Gasteiger charge is -2.13. The van der Waals surface area contributed by atoms with E-state index in [9.17, 15) is 4.79 Å². The van der Waals surface area contributed by atoms with Gasteiger partial charge in [-0.2, -0.15) is 0 Å². The first kappa shape index (κ1) is 4.16. The third-order valence-electron chi connectivity index (χ3n) is 0.913. The van der Waals surface area contributed by atoms with Crippen LogP contribution in [-0.4, -0.2) is 12.5 Å². The molecule has 1 amide bonds. The number of nitrogens with one attached hydrogen (secondary N) is 1. The second-order valence-electron chi connectivity index (χ2n) is 1.34. The highest BCUT2D eigenvalue weighted by molar-refractivity contribution is 5.99. The van der Waals surface area contributed by atoms with Crippen LogP contribution in [0.4, 0.5) is 0 Å². The van der Waals surface area contributed by atoms with Gasteiger partial charge >= 0.3 is 0 Å². The van der Waals surface area contributed by atoms with Gasteiger partial charge < -0.3 is 5.32 Å². The van der Waals surface area contributed by atoms with Crippen LogP contribution in [0, 0.1) is 0 Å². The van der Waals surface area contributed by atoms with Gasteiger partial charge in [0.15, 0.2) is 0 Å². The van der Waals surface area contributed by atoms with Gasteiger partial charge in [-0.1, -0.05) is 6.58 Å². The van der Waals surface area contributed by atoms with Crippen LogP contribution in [0.25, 0.3) is 0 Å². The van der Waals surface area contributed by atoms with E-state index in [1.807, 2.05) is 0 Å². The van der Waals surface area contributed by atoms with E-state index in [-0.39, 0.29) is 5.91 Å². The van der Waals surface area contributed by atoms with Crippen LogP contribution < -0.4 is 5.32 Å². The van der Waals surface area contributed by atoms with Crippen molar-refractivity contribution < 1.29 is 4.79 Å². The Balaban J connectivity index is 2.79. The SMILES string of the molecule is C=C=C1CNC1=O. The first-order valence-electron chi connectivity index (χ1n) is 2.01. The Labute approximate surface area is 41.5 Å². The minimum Gasteiger partial charge on any atom is -0.347 e. The van der Waals surface area contributed by atoms with Gasteiger partial charge in [-0.25, -0.2) is 0 Å². The Kier molecular flexibility index (Phi) is 0.739. The van der Waals surface area contributed by atoms with Gasteiger partial charge in [-0.15, -0.1) is 5.73 Å². The zero-order chi connectivity index (χ0) is 5.28. The summed E-state index contributed by atoms with van der Waals surface area (Å²) >= 11 is 0. The highest BCUT2D eigenvalue weighted by Crippen LogP contribution is 1.97. The molecule has 36 valence electrons. The molecular weight excluding hydrogens is 90.1 g/mol. The van der Waals surface area contributed by atoms with Gasteiger partial charge in [-0.3, -0.25) is 4.79 Å². The summed E-state index contributed by atoms with van der Waals surface area (Å²) in [5.74, 6) is -0.0324. The van der Waals surface area contributed by atoms with E-state index in [0.29, 0.717) is 12.1 Å². The summed E-state index contributed by atoms with van der Waals surface area (Å²) in [5, 5.41) is 2.53. The van der Waals surface area contributed by atoms with Gasteiger partial charge in [0.05, 0.1) is 12.1 Å². The number of amides is 1. The molecule has 1 aliphatic heterocycles. The molecule has 2 heteroatoms. The molecule has 0 spiro atoms. The standard InChI is InChI=1S/C5H5NO/c1-2-4-3-6-5(4)7/h1,3H2,(H,6,7). The van der Waals surface area contributed by atoms with Crippen LogP contribution in [0.1, 0.15) is 0 Å². The summed E-state index contributed by atoms with van der Waals surface area (Å²) < 4.78 is 0. The van der Waals surface area contributed by atoms with Crippen molar-refractivity contribution in [3.63, 3.8) is 0 Å². The topological polar surface area (TPSA) is 29.1 Å². The van der Waals surface area contributed by atoms with E-state index in [4.69, 9.17) is 0 Å². The predicted molar refractivity (Wildman–Crippen MR) is 25.7 cm³/mol. The fraction of sp³-hybridized carbons (Fsp3) is 0.200. The fourth-order valence-electron chi connectivity index (χ4n) is 0.392. The summed E-state index contributed by atoms with van der Waals surface area (Å²) in [6, 6.07) is 0. The van der Waals surface area contributed by atoms with Crippen molar-refractivity contribution in [2.24, 2.45) is 0 Å². The molecule has 1 aliphatic rings. The van der Waals surface area contributed by atoms with E-state index < -0.39 is 0 Å². The Bertz CT molecular complexity index is 153. The Morgan fingerprint density at radius 2 is 2.57 bits per heavy atom. The summed E-state index contributed by atoms with van der Waals surface area (Å²) in [6.45, 7) is 3.95. The Hall–Kier alpha value is -1.01. The molecule has 1 N–H and O–H groups in total. The van der Waals surface area contributed by atoms with Crippen LogP contribution in [0.5, 0.6) is 0 Å². The summed E-state index contributed by atoms with van der Waals surface area (Å²) in [4.78, 5) is 10.2. The fourth-order valence-corrected chi connectivity index (χ4v) is 0.392. The number of carbonyl (C=O) groups excluding carboxylic acids is 1. The molecule has 0 aromatic rings. The van der Waals surface area contributed by atoms with Crippen LogP contribution >= 0.6 is 0 Å². The molecule has 0 radical (unpaired) electrons. The Morgan fingerprint density at radius 3 is 2.57 bits per heavy atom. The summed E-state index contributed by atoms with van der Waals surface area (Å²) in [7, 11) is 0. The second-order valence-corrected chi connectivity index (χ2v) is 1.34. The zero-order valence-electron chi connectivity index (χ0n) is 3.82.